The normalized spacial score (nSPS) is 27.3. The Morgan fingerprint density at radius 3 is 1.92 bits per heavy atom. The van der Waals surface area contributed by atoms with E-state index in [-0.39, 0.29) is 17.1 Å². The molecule has 1 saturated heterocycles. The summed E-state index contributed by atoms with van der Waals surface area (Å²) in [4.78, 5) is 12.9. The number of amides is 1. The van der Waals surface area contributed by atoms with Gasteiger partial charge in [0.05, 0.1) is 0 Å². The topological polar surface area (TPSA) is 46.3 Å². The molecule has 0 aromatic heterocycles. The van der Waals surface area contributed by atoms with Crippen molar-refractivity contribution in [3.63, 3.8) is 0 Å². The maximum Gasteiger partial charge on any atom is 0.210 e. The molecule has 1 aliphatic rings. The molecule has 76 valence electrons. The molecule has 0 bridgehead atoms. The van der Waals surface area contributed by atoms with Gasteiger partial charge in [-0.15, -0.1) is 0 Å². The quantitative estimate of drug-likeness (QED) is 0.621. The molecule has 1 heterocycles. The lowest BCUT2D eigenvalue weighted by atomic mass is 9.78. The number of piperidine rings is 1. The van der Waals surface area contributed by atoms with Gasteiger partial charge in [-0.05, 0) is 40.5 Å². The SMILES string of the molecule is CC1(C)CC(N)CC(C)(C)N1C=O. The lowest BCUT2D eigenvalue weighted by Gasteiger charge is -2.52. The number of hydrogen-bond donors (Lipinski definition) is 1. The van der Waals surface area contributed by atoms with E-state index in [4.69, 9.17) is 5.73 Å². The highest BCUT2D eigenvalue weighted by Crippen LogP contribution is 2.36. The second-order valence-corrected chi connectivity index (χ2v) is 5.27. The van der Waals surface area contributed by atoms with Crippen LogP contribution in [0.5, 0.6) is 0 Å². The van der Waals surface area contributed by atoms with Gasteiger partial charge >= 0.3 is 0 Å². The largest absolute Gasteiger partial charge is 0.335 e. The van der Waals surface area contributed by atoms with Gasteiger partial charge in [0.15, 0.2) is 0 Å². The fraction of sp³-hybridized carbons (Fsp3) is 0.900. The molecule has 0 aliphatic carbocycles. The number of carbonyl (C=O) groups is 1. The van der Waals surface area contributed by atoms with Gasteiger partial charge in [0.2, 0.25) is 6.41 Å². The number of rotatable bonds is 1. The van der Waals surface area contributed by atoms with Gasteiger partial charge in [-0.25, -0.2) is 0 Å². The maximum absolute atomic E-state index is 11.0. The van der Waals surface area contributed by atoms with Crippen molar-refractivity contribution in [2.45, 2.75) is 57.7 Å². The van der Waals surface area contributed by atoms with Crippen molar-refractivity contribution in [3.05, 3.63) is 0 Å². The summed E-state index contributed by atoms with van der Waals surface area (Å²) in [5.74, 6) is 0. The van der Waals surface area contributed by atoms with Gasteiger partial charge in [-0.3, -0.25) is 4.79 Å². The van der Waals surface area contributed by atoms with E-state index in [1.54, 1.807) is 0 Å². The van der Waals surface area contributed by atoms with Crippen LogP contribution in [-0.4, -0.2) is 28.4 Å². The van der Waals surface area contributed by atoms with Crippen LogP contribution < -0.4 is 5.73 Å². The molecule has 0 unspecified atom stereocenters. The second kappa shape index (κ2) is 2.98. The molecular weight excluding hydrogens is 164 g/mol. The van der Waals surface area contributed by atoms with Crippen molar-refractivity contribution >= 4 is 6.41 Å². The van der Waals surface area contributed by atoms with Crippen LogP contribution in [0.15, 0.2) is 0 Å². The minimum Gasteiger partial charge on any atom is -0.335 e. The first kappa shape index (κ1) is 10.5. The summed E-state index contributed by atoms with van der Waals surface area (Å²) in [7, 11) is 0. The standard InChI is InChI=1S/C10H20N2O/c1-9(2)5-8(11)6-10(3,4)12(9)7-13/h7-8H,5-6,11H2,1-4H3. The van der Waals surface area contributed by atoms with E-state index in [1.807, 2.05) is 4.90 Å². The lowest BCUT2D eigenvalue weighted by Crippen LogP contribution is -2.62. The Hall–Kier alpha value is -0.570. The first-order chi connectivity index (χ1) is 5.79. The number of hydrogen-bond acceptors (Lipinski definition) is 2. The van der Waals surface area contributed by atoms with Gasteiger partial charge in [0, 0.05) is 17.1 Å². The third kappa shape index (κ3) is 1.85. The molecular formula is C10H20N2O. The van der Waals surface area contributed by atoms with Gasteiger partial charge in [0.25, 0.3) is 0 Å². The van der Waals surface area contributed by atoms with E-state index < -0.39 is 0 Å². The van der Waals surface area contributed by atoms with Crippen LogP contribution in [0.25, 0.3) is 0 Å². The molecule has 3 heteroatoms. The molecule has 1 fully saturated rings. The van der Waals surface area contributed by atoms with Gasteiger partial charge < -0.3 is 10.6 Å². The smallest absolute Gasteiger partial charge is 0.210 e. The molecule has 3 nitrogen and oxygen atoms in total. The van der Waals surface area contributed by atoms with Crippen LogP contribution in [0, 0.1) is 0 Å². The number of nitrogens with zero attached hydrogens (tertiary/aromatic N) is 1. The summed E-state index contributed by atoms with van der Waals surface area (Å²) >= 11 is 0. The fourth-order valence-electron chi connectivity index (χ4n) is 2.66. The van der Waals surface area contributed by atoms with Crippen LogP contribution in [0.4, 0.5) is 0 Å². The van der Waals surface area contributed by atoms with Crippen molar-refractivity contribution in [2.24, 2.45) is 5.73 Å². The lowest BCUT2D eigenvalue weighted by molar-refractivity contribution is -0.134. The van der Waals surface area contributed by atoms with Crippen LogP contribution in [0.3, 0.4) is 0 Å². The summed E-state index contributed by atoms with van der Waals surface area (Å²) in [5, 5.41) is 0. The van der Waals surface area contributed by atoms with Crippen molar-refractivity contribution in [1.82, 2.24) is 4.90 Å². The zero-order valence-corrected chi connectivity index (χ0v) is 9.00. The van der Waals surface area contributed by atoms with E-state index in [2.05, 4.69) is 27.7 Å². The minimum atomic E-state index is -0.108. The molecule has 0 atom stereocenters. The summed E-state index contributed by atoms with van der Waals surface area (Å²) < 4.78 is 0. The van der Waals surface area contributed by atoms with Crippen LogP contribution in [0.1, 0.15) is 40.5 Å². The minimum absolute atomic E-state index is 0.108. The molecule has 0 saturated carbocycles. The second-order valence-electron chi connectivity index (χ2n) is 5.27. The summed E-state index contributed by atoms with van der Waals surface area (Å²) in [5.41, 5.74) is 5.74. The first-order valence-electron chi connectivity index (χ1n) is 4.80. The van der Waals surface area contributed by atoms with Gasteiger partial charge in [-0.2, -0.15) is 0 Å². The van der Waals surface area contributed by atoms with Crippen molar-refractivity contribution in [1.29, 1.82) is 0 Å². The predicted molar refractivity (Wildman–Crippen MR) is 53.3 cm³/mol. The predicted octanol–water partition coefficient (Wildman–Crippen LogP) is 1.12. The highest BCUT2D eigenvalue weighted by molar-refractivity contribution is 5.51. The average Bonchev–Trinajstić information content (AvgIpc) is 1.79. The Balaban J connectivity index is 2.94. The zero-order chi connectivity index (χ0) is 10.3. The first-order valence-corrected chi connectivity index (χ1v) is 4.80. The van der Waals surface area contributed by atoms with Crippen LogP contribution in [-0.2, 0) is 4.79 Å². The Kier molecular flexibility index (Phi) is 2.41. The van der Waals surface area contributed by atoms with Crippen LogP contribution in [0.2, 0.25) is 0 Å². The molecule has 0 spiro atoms. The highest BCUT2D eigenvalue weighted by atomic mass is 16.1. The fourth-order valence-corrected chi connectivity index (χ4v) is 2.66. The van der Waals surface area contributed by atoms with E-state index in [9.17, 15) is 4.79 Å². The Labute approximate surface area is 80.3 Å². The van der Waals surface area contributed by atoms with Gasteiger partial charge in [0.1, 0.15) is 0 Å². The third-order valence-electron chi connectivity index (χ3n) is 2.93. The van der Waals surface area contributed by atoms with Crippen molar-refractivity contribution in [3.8, 4) is 0 Å². The maximum atomic E-state index is 11.0. The molecule has 13 heavy (non-hydrogen) atoms. The molecule has 0 aromatic rings. The Morgan fingerprint density at radius 2 is 1.62 bits per heavy atom. The number of nitrogens with two attached hydrogens (primary N) is 1. The molecule has 2 N–H and O–H groups in total. The van der Waals surface area contributed by atoms with Crippen LogP contribution >= 0.6 is 0 Å². The summed E-state index contributed by atoms with van der Waals surface area (Å²) in [6.45, 7) is 8.29. The number of likely N-dealkylation sites (tertiary alicyclic amines) is 1. The molecule has 0 aromatic carbocycles. The Bertz CT molecular complexity index is 193. The van der Waals surface area contributed by atoms with Gasteiger partial charge in [-0.1, -0.05) is 0 Å². The van der Waals surface area contributed by atoms with E-state index in [0.29, 0.717) is 0 Å². The Morgan fingerprint density at radius 1 is 1.23 bits per heavy atom. The third-order valence-corrected chi connectivity index (χ3v) is 2.93. The van der Waals surface area contributed by atoms with Crippen molar-refractivity contribution < 1.29 is 4.79 Å². The summed E-state index contributed by atoms with van der Waals surface area (Å²) in [6.07, 6.45) is 2.72. The molecule has 1 rings (SSSR count). The zero-order valence-electron chi connectivity index (χ0n) is 9.00. The molecule has 1 aliphatic heterocycles. The van der Waals surface area contributed by atoms with E-state index in [1.165, 1.54) is 0 Å². The van der Waals surface area contributed by atoms with E-state index >= 15 is 0 Å². The molecule has 0 radical (unpaired) electrons. The monoisotopic (exact) mass is 184 g/mol. The van der Waals surface area contributed by atoms with E-state index in [0.717, 1.165) is 19.3 Å². The number of carbonyl (C=O) groups excluding carboxylic acids is 1. The highest BCUT2D eigenvalue weighted by Gasteiger charge is 2.43. The van der Waals surface area contributed by atoms with Crippen molar-refractivity contribution in [2.75, 3.05) is 0 Å². The molecule has 1 amide bonds. The summed E-state index contributed by atoms with van der Waals surface area (Å²) in [6, 6.07) is 0.209. The average molecular weight is 184 g/mol.